The molecule has 0 fully saturated rings. The van der Waals surface area contributed by atoms with Crippen LogP contribution in [0.15, 0.2) is 18.3 Å². The molecule has 2 rings (SSSR count). The van der Waals surface area contributed by atoms with Gasteiger partial charge in [0.15, 0.2) is 0 Å². The van der Waals surface area contributed by atoms with Crippen molar-refractivity contribution in [3.8, 4) is 0 Å². The normalized spacial score (nSPS) is 13.6. The van der Waals surface area contributed by atoms with Gasteiger partial charge in [-0.1, -0.05) is 25.2 Å². The summed E-state index contributed by atoms with van der Waals surface area (Å²) in [7, 11) is 0. The summed E-state index contributed by atoms with van der Waals surface area (Å²) >= 11 is 1.66. The van der Waals surface area contributed by atoms with Crippen LogP contribution < -0.4 is 5.73 Å². The highest BCUT2D eigenvalue weighted by Crippen LogP contribution is 2.29. The molecule has 0 aromatic carbocycles. The van der Waals surface area contributed by atoms with Gasteiger partial charge in [-0.25, -0.2) is 9.97 Å². The number of pyridine rings is 1. The van der Waals surface area contributed by atoms with E-state index < -0.39 is 0 Å². The third-order valence-corrected chi connectivity index (χ3v) is 3.67. The lowest BCUT2D eigenvalue weighted by molar-refractivity contribution is 0.505. The van der Waals surface area contributed by atoms with Gasteiger partial charge in [0.1, 0.15) is 15.4 Å². The highest BCUT2D eigenvalue weighted by Gasteiger charge is 2.18. The van der Waals surface area contributed by atoms with E-state index >= 15 is 0 Å². The van der Waals surface area contributed by atoms with E-state index in [9.17, 15) is 0 Å². The minimum atomic E-state index is 0.351. The number of fused-ring (bicyclic) bond motifs is 1. The van der Waals surface area contributed by atoms with E-state index in [1.165, 1.54) is 0 Å². The predicted octanol–water partition coefficient (Wildman–Crippen LogP) is 2.39. The molecule has 2 heterocycles. The lowest BCUT2D eigenvalue weighted by atomic mass is 9.97. The highest BCUT2D eigenvalue weighted by atomic mass is 32.1. The molecule has 3 nitrogen and oxygen atoms in total. The zero-order valence-electron chi connectivity index (χ0n) is 8.97. The Morgan fingerprint density at radius 3 is 2.87 bits per heavy atom. The lowest BCUT2D eigenvalue weighted by Gasteiger charge is -2.15. The first-order valence-corrected chi connectivity index (χ1v) is 5.95. The molecule has 0 bridgehead atoms. The molecule has 0 spiro atoms. The van der Waals surface area contributed by atoms with Crippen molar-refractivity contribution in [3.63, 3.8) is 0 Å². The minimum Gasteiger partial charge on any atom is -0.330 e. The van der Waals surface area contributed by atoms with E-state index in [2.05, 4.69) is 23.8 Å². The molecule has 0 amide bonds. The standard InChI is InChI=1S/C11H15N3S/c1-7(2)8(6-12)10-14-9-4-3-5-13-11(9)15-10/h3-5,7-8H,6,12H2,1-2H3. The van der Waals surface area contributed by atoms with Gasteiger partial charge in [0.2, 0.25) is 0 Å². The highest BCUT2D eigenvalue weighted by molar-refractivity contribution is 7.18. The van der Waals surface area contributed by atoms with Gasteiger partial charge in [0.25, 0.3) is 0 Å². The molecule has 0 saturated carbocycles. The van der Waals surface area contributed by atoms with Crippen LogP contribution in [-0.4, -0.2) is 16.5 Å². The quantitative estimate of drug-likeness (QED) is 0.865. The SMILES string of the molecule is CC(C)C(CN)c1nc2cccnc2s1. The van der Waals surface area contributed by atoms with E-state index in [-0.39, 0.29) is 0 Å². The third-order valence-electron chi connectivity index (χ3n) is 2.56. The Balaban J connectivity index is 2.43. The monoisotopic (exact) mass is 221 g/mol. The van der Waals surface area contributed by atoms with Crippen LogP contribution in [0.25, 0.3) is 10.3 Å². The molecule has 0 aliphatic heterocycles. The zero-order valence-corrected chi connectivity index (χ0v) is 9.79. The van der Waals surface area contributed by atoms with Gasteiger partial charge in [0, 0.05) is 18.7 Å². The van der Waals surface area contributed by atoms with Crippen molar-refractivity contribution >= 4 is 21.7 Å². The van der Waals surface area contributed by atoms with Crippen LogP contribution in [0.1, 0.15) is 24.8 Å². The Hall–Kier alpha value is -1.00. The summed E-state index contributed by atoms with van der Waals surface area (Å²) in [4.78, 5) is 9.88. The summed E-state index contributed by atoms with van der Waals surface area (Å²) in [6.07, 6.45) is 1.80. The van der Waals surface area contributed by atoms with Gasteiger partial charge in [0.05, 0.1) is 0 Å². The number of hydrogen-bond acceptors (Lipinski definition) is 4. The van der Waals surface area contributed by atoms with Crippen molar-refractivity contribution in [2.24, 2.45) is 11.7 Å². The van der Waals surface area contributed by atoms with Crippen LogP contribution in [0.5, 0.6) is 0 Å². The molecule has 15 heavy (non-hydrogen) atoms. The largest absolute Gasteiger partial charge is 0.330 e. The molecular formula is C11H15N3S. The maximum Gasteiger partial charge on any atom is 0.143 e. The van der Waals surface area contributed by atoms with E-state index in [1.54, 1.807) is 17.5 Å². The number of thiazole rings is 1. The Morgan fingerprint density at radius 1 is 1.47 bits per heavy atom. The molecule has 1 unspecified atom stereocenters. The Morgan fingerprint density at radius 2 is 2.27 bits per heavy atom. The van der Waals surface area contributed by atoms with Gasteiger partial charge >= 0.3 is 0 Å². The Kier molecular flexibility index (Phi) is 2.98. The molecule has 80 valence electrons. The second kappa shape index (κ2) is 4.24. The minimum absolute atomic E-state index is 0.351. The van der Waals surface area contributed by atoms with Gasteiger partial charge < -0.3 is 5.73 Å². The summed E-state index contributed by atoms with van der Waals surface area (Å²) in [5, 5.41) is 1.11. The lowest BCUT2D eigenvalue weighted by Crippen LogP contribution is -2.17. The fourth-order valence-electron chi connectivity index (χ4n) is 1.60. The molecule has 4 heteroatoms. The molecule has 0 radical (unpaired) electrons. The first-order chi connectivity index (χ1) is 7.22. The number of rotatable bonds is 3. The van der Waals surface area contributed by atoms with Crippen LogP contribution in [0, 0.1) is 5.92 Å². The average molecular weight is 221 g/mol. The van der Waals surface area contributed by atoms with Crippen molar-refractivity contribution in [2.75, 3.05) is 6.54 Å². The van der Waals surface area contributed by atoms with Gasteiger partial charge in [-0.05, 0) is 18.1 Å². The predicted molar refractivity (Wildman–Crippen MR) is 64.0 cm³/mol. The molecule has 0 saturated heterocycles. The number of nitrogens with zero attached hydrogens (tertiary/aromatic N) is 2. The van der Waals surface area contributed by atoms with Crippen molar-refractivity contribution < 1.29 is 0 Å². The van der Waals surface area contributed by atoms with Gasteiger partial charge in [-0.2, -0.15) is 0 Å². The fourth-order valence-corrected chi connectivity index (χ4v) is 2.80. The first kappa shape index (κ1) is 10.5. The third kappa shape index (κ3) is 2.01. The maximum absolute atomic E-state index is 5.77. The molecular weight excluding hydrogens is 206 g/mol. The molecule has 0 aliphatic rings. The molecule has 0 aliphatic carbocycles. The molecule has 1 atom stereocenters. The van der Waals surface area contributed by atoms with Gasteiger partial charge in [-0.3, -0.25) is 0 Å². The Bertz CT molecular complexity index is 417. The number of hydrogen-bond donors (Lipinski definition) is 1. The average Bonchev–Trinajstić information content (AvgIpc) is 2.61. The van der Waals surface area contributed by atoms with Crippen molar-refractivity contribution in [2.45, 2.75) is 19.8 Å². The number of aromatic nitrogens is 2. The van der Waals surface area contributed by atoms with E-state index in [1.807, 2.05) is 12.1 Å². The first-order valence-electron chi connectivity index (χ1n) is 5.14. The van der Waals surface area contributed by atoms with E-state index in [4.69, 9.17) is 5.73 Å². The summed E-state index contributed by atoms with van der Waals surface area (Å²) in [5.74, 6) is 0.875. The van der Waals surface area contributed by atoms with Gasteiger partial charge in [-0.15, -0.1) is 0 Å². The van der Waals surface area contributed by atoms with Crippen molar-refractivity contribution in [3.05, 3.63) is 23.3 Å². The summed E-state index contributed by atoms with van der Waals surface area (Å²) in [6, 6.07) is 3.91. The van der Waals surface area contributed by atoms with E-state index in [0.717, 1.165) is 15.4 Å². The Labute approximate surface area is 93.4 Å². The summed E-state index contributed by atoms with van der Waals surface area (Å²) < 4.78 is 0. The van der Waals surface area contributed by atoms with Crippen LogP contribution in [0.2, 0.25) is 0 Å². The summed E-state index contributed by atoms with van der Waals surface area (Å²) in [5.41, 5.74) is 6.76. The smallest absolute Gasteiger partial charge is 0.143 e. The second-order valence-electron chi connectivity index (χ2n) is 3.97. The zero-order chi connectivity index (χ0) is 10.8. The molecule has 2 aromatic heterocycles. The van der Waals surface area contributed by atoms with E-state index in [0.29, 0.717) is 18.4 Å². The van der Waals surface area contributed by atoms with Crippen molar-refractivity contribution in [1.82, 2.24) is 9.97 Å². The van der Waals surface area contributed by atoms with Crippen molar-refractivity contribution in [1.29, 1.82) is 0 Å². The second-order valence-corrected chi connectivity index (χ2v) is 4.98. The van der Waals surface area contributed by atoms with Crippen LogP contribution in [-0.2, 0) is 0 Å². The topological polar surface area (TPSA) is 51.8 Å². The van der Waals surface area contributed by atoms with Crippen LogP contribution in [0.4, 0.5) is 0 Å². The maximum atomic E-state index is 5.77. The van der Waals surface area contributed by atoms with Crippen LogP contribution >= 0.6 is 11.3 Å². The fraction of sp³-hybridized carbons (Fsp3) is 0.455. The summed E-state index contributed by atoms with van der Waals surface area (Å²) in [6.45, 7) is 5.01. The number of nitrogens with two attached hydrogens (primary N) is 1. The molecule has 2 aromatic rings. The van der Waals surface area contributed by atoms with Crippen LogP contribution in [0.3, 0.4) is 0 Å². The molecule has 2 N–H and O–H groups in total.